The minimum absolute atomic E-state index is 0.705. The van der Waals surface area contributed by atoms with E-state index in [0.717, 1.165) is 16.0 Å². The quantitative estimate of drug-likeness (QED) is 0.792. The van der Waals surface area contributed by atoms with Crippen molar-refractivity contribution in [2.75, 3.05) is 6.54 Å². The molecule has 0 aromatic heterocycles. The van der Waals surface area contributed by atoms with Crippen LogP contribution in [0, 0.1) is 0 Å². The van der Waals surface area contributed by atoms with Gasteiger partial charge in [0.05, 0.1) is 5.02 Å². The van der Waals surface area contributed by atoms with Crippen LogP contribution in [0.3, 0.4) is 0 Å². The molecule has 82 valence electrons. The van der Waals surface area contributed by atoms with Crippen LogP contribution >= 0.6 is 27.5 Å². The van der Waals surface area contributed by atoms with Crippen molar-refractivity contribution in [3.05, 3.63) is 33.3 Å². The first kappa shape index (κ1) is 11.4. The molecule has 0 N–H and O–H groups in total. The summed E-state index contributed by atoms with van der Waals surface area (Å²) in [5, 5.41) is 0.805. The Labute approximate surface area is 105 Å². The molecule has 1 aliphatic rings. The van der Waals surface area contributed by atoms with Crippen LogP contribution in [0.15, 0.2) is 22.7 Å². The molecular weight excluding hydrogens is 273 g/mol. The highest BCUT2D eigenvalue weighted by molar-refractivity contribution is 9.10. The summed E-state index contributed by atoms with van der Waals surface area (Å²) in [5.41, 5.74) is 1.29. The zero-order chi connectivity index (χ0) is 10.8. The van der Waals surface area contributed by atoms with Gasteiger partial charge in [-0.3, -0.25) is 4.90 Å². The zero-order valence-electron chi connectivity index (χ0n) is 8.84. The maximum Gasteiger partial charge on any atom is 0.0551 e. The SMILES string of the molecule is C[C@H]1CCCN1Cc1cccc(Cl)c1Br. The van der Waals surface area contributed by atoms with Gasteiger partial charge in [-0.2, -0.15) is 0 Å². The van der Waals surface area contributed by atoms with Crippen LogP contribution in [0.5, 0.6) is 0 Å². The summed E-state index contributed by atoms with van der Waals surface area (Å²) in [7, 11) is 0. The van der Waals surface area contributed by atoms with Crippen molar-refractivity contribution in [2.24, 2.45) is 0 Å². The molecule has 15 heavy (non-hydrogen) atoms. The van der Waals surface area contributed by atoms with E-state index >= 15 is 0 Å². The molecule has 1 atom stereocenters. The Balaban J connectivity index is 2.13. The molecule has 1 fully saturated rings. The molecule has 0 bridgehead atoms. The minimum atomic E-state index is 0.705. The third kappa shape index (κ3) is 2.55. The van der Waals surface area contributed by atoms with Crippen molar-refractivity contribution in [3.63, 3.8) is 0 Å². The summed E-state index contributed by atoms with van der Waals surface area (Å²) < 4.78 is 1.05. The van der Waals surface area contributed by atoms with Crippen LogP contribution in [0.2, 0.25) is 5.02 Å². The Kier molecular flexibility index (Phi) is 3.70. The molecule has 0 radical (unpaired) electrons. The standard InChI is InChI=1S/C12H15BrClN/c1-9-4-3-7-15(9)8-10-5-2-6-11(14)12(10)13/h2,5-6,9H,3-4,7-8H2,1H3/t9-/m0/s1. The lowest BCUT2D eigenvalue weighted by molar-refractivity contribution is 0.260. The molecule has 1 saturated heterocycles. The molecule has 1 aromatic rings. The van der Waals surface area contributed by atoms with Gasteiger partial charge in [-0.25, -0.2) is 0 Å². The first-order chi connectivity index (χ1) is 7.18. The van der Waals surface area contributed by atoms with Crippen molar-refractivity contribution < 1.29 is 0 Å². The van der Waals surface area contributed by atoms with Gasteiger partial charge in [-0.1, -0.05) is 23.7 Å². The fourth-order valence-electron chi connectivity index (χ4n) is 2.12. The summed E-state index contributed by atoms with van der Waals surface area (Å²) in [6.07, 6.45) is 2.64. The highest BCUT2D eigenvalue weighted by Gasteiger charge is 2.20. The van der Waals surface area contributed by atoms with Crippen molar-refractivity contribution in [2.45, 2.75) is 32.4 Å². The van der Waals surface area contributed by atoms with Crippen LogP contribution < -0.4 is 0 Å². The average Bonchev–Trinajstić information content (AvgIpc) is 2.60. The molecule has 0 spiro atoms. The number of hydrogen-bond donors (Lipinski definition) is 0. The second-order valence-corrected chi connectivity index (χ2v) is 5.37. The van der Waals surface area contributed by atoms with Crippen LogP contribution in [0.1, 0.15) is 25.3 Å². The molecule has 0 unspecified atom stereocenters. The highest BCUT2D eigenvalue weighted by atomic mass is 79.9. The van der Waals surface area contributed by atoms with Crippen molar-refractivity contribution >= 4 is 27.5 Å². The number of nitrogens with zero attached hydrogens (tertiary/aromatic N) is 1. The highest BCUT2D eigenvalue weighted by Crippen LogP contribution is 2.29. The zero-order valence-corrected chi connectivity index (χ0v) is 11.2. The van der Waals surface area contributed by atoms with Gasteiger partial charge < -0.3 is 0 Å². The van der Waals surface area contributed by atoms with E-state index in [1.165, 1.54) is 24.9 Å². The summed E-state index contributed by atoms with van der Waals surface area (Å²) in [5.74, 6) is 0. The Morgan fingerprint density at radius 2 is 2.33 bits per heavy atom. The lowest BCUT2D eigenvalue weighted by Crippen LogP contribution is -2.26. The van der Waals surface area contributed by atoms with E-state index < -0.39 is 0 Å². The first-order valence-corrected chi connectivity index (χ1v) is 6.52. The van der Waals surface area contributed by atoms with E-state index in [0.29, 0.717) is 6.04 Å². The van der Waals surface area contributed by atoms with Crippen molar-refractivity contribution in [3.8, 4) is 0 Å². The Hall–Kier alpha value is -0.0500. The molecule has 0 saturated carbocycles. The maximum absolute atomic E-state index is 6.07. The Morgan fingerprint density at radius 1 is 1.53 bits per heavy atom. The molecule has 1 nitrogen and oxygen atoms in total. The van der Waals surface area contributed by atoms with E-state index in [9.17, 15) is 0 Å². The Morgan fingerprint density at radius 3 is 3.00 bits per heavy atom. The Bertz CT molecular complexity index is 353. The molecule has 1 aliphatic heterocycles. The third-order valence-electron chi connectivity index (χ3n) is 3.10. The minimum Gasteiger partial charge on any atom is -0.296 e. The van der Waals surface area contributed by atoms with Gasteiger partial charge in [0.15, 0.2) is 0 Å². The largest absolute Gasteiger partial charge is 0.296 e. The van der Waals surface area contributed by atoms with Crippen LogP contribution in [-0.4, -0.2) is 17.5 Å². The normalized spacial score (nSPS) is 22.2. The van der Waals surface area contributed by atoms with Gasteiger partial charge in [0, 0.05) is 17.1 Å². The second kappa shape index (κ2) is 4.86. The summed E-state index contributed by atoms with van der Waals surface area (Å²) >= 11 is 9.62. The van der Waals surface area contributed by atoms with E-state index in [4.69, 9.17) is 11.6 Å². The molecular formula is C12H15BrClN. The molecule has 3 heteroatoms. The predicted octanol–water partition coefficient (Wildman–Crippen LogP) is 4.09. The maximum atomic E-state index is 6.07. The van der Waals surface area contributed by atoms with Gasteiger partial charge >= 0.3 is 0 Å². The monoisotopic (exact) mass is 287 g/mol. The third-order valence-corrected chi connectivity index (χ3v) is 4.58. The predicted molar refractivity (Wildman–Crippen MR) is 68.3 cm³/mol. The average molecular weight is 289 g/mol. The number of benzene rings is 1. The van der Waals surface area contributed by atoms with Gasteiger partial charge in [-0.15, -0.1) is 0 Å². The smallest absolute Gasteiger partial charge is 0.0551 e. The molecule has 0 aliphatic carbocycles. The number of hydrogen-bond acceptors (Lipinski definition) is 1. The first-order valence-electron chi connectivity index (χ1n) is 5.35. The van der Waals surface area contributed by atoms with Crippen molar-refractivity contribution in [1.29, 1.82) is 0 Å². The lowest BCUT2D eigenvalue weighted by Gasteiger charge is -2.21. The fraction of sp³-hybridized carbons (Fsp3) is 0.500. The summed E-state index contributed by atoms with van der Waals surface area (Å²) in [6.45, 7) is 4.51. The van der Waals surface area contributed by atoms with Crippen molar-refractivity contribution in [1.82, 2.24) is 4.90 Å². The number of likely N-dealkylation sites (tertiary alicyclic amines) is 1. The summed E-state index contributed by atoms with van der Waals surface area (Å²) in [6, 6.07) is 6.78. The molecule has 2 rings (SSSR count). The fourth-order valence-corrected chi connectivity index (χ4v) is 2.70. The van der Waals surface area contributed by atoms with E-state index in [-0.39, 0.29) is 0 Å². The molecule has 1 heterocycles. The van der Waals surface area contributed by atoms with Crippen LogP contribution in [-0.2, 0) is 6.54 Å². The lowest BCUT2D eigenvalue weighted by atomic mass is 10.2. The summed E-state index contributed by atoms with van der Waals surface area (Å²) in [4.78, 5) is 2.51. The number of halogens is 2. The number of rotatable bonds is 2. The van der Waals surface area contributed by atoms with Gasteiger partial charge in [0.2, 0.25) is 0 Å². The van der Waals surface area contributed by atoms with E-state index in [1.807, 2.05) is 12.1 Å². The van der Waals surface area contributed by atoms with E-state index in [2.05, 4.69) is 33.8 Å². The van der Waals surface area contributed by atoms with E-state index in [1.54, 1.807) is 0 Å². The van der Waals surface area contributed by atoms with Gasteiger partial charge in [0.25, 0.3) is 0 Å². The van der Waals surface area contributed by atoms with Crippen LogP contribution in [0.4, 0.5) is 0 Å². The molecule has 0 amide bonds. The van der Waals surface area contributed by atoms with Gasteiger partial charge in [0.1, 0.15) is 0 Å². The van der Waals surface area contributed by atoms with Crippen LogP contribution in [0.25, 0.3) is 0 Å². The van der Waals surface area contributed by atoms with Gasteiger partial charge in [-0.05, 0) is 53.9 Å². The molecule has 1 aromatic carbocycles. The topological polar surface area (TPSA) is 3.24 Å². The second-order valence-electron chi connectivity index (χ2n) is 4.17.